The molecule has 1 aromatic carbocycles. The molecule has 0 saturated heterocycles. The van der Waals surface area contributed by atoms with Crippen LogP contribution in [0.25, 0.3) is 22.4 Å². The molecule has 22 heavy (non-hydrogen) atoms. The molecule has 3 heteroatoms. The monoisotopic (exact) mass is 293 g/mol. The van der Waals surface area contributed by atoms with Crippen molar-refractivity contribution in [2.75, 3.05) is 0 Å². The van der Waals surface area contributed by atoms with Gasteiger partial charge in [-0.2, -0.15) is 5.10 Å². The van der Waals surface area contributed by atoms with Gasteiger partial charge in [0.15, 0.2) is 0 Å². The minimum Gasteiger partial charge on any atom is -0.275 e. The zero-order chi connectivity index (χ0) is 16.1. The molecule has 0 aliphatic rings. The highest BCUT2D eigenvalue weighted by Crippen LogP contribution is 2.31. The van der Waals surface area contributed by atoms with E-state index in [0.29, 0.717) is 0 Å². The van der Waals surface area contributed by atoms with Crippen LogP contribution >= 0.6 is 0 Å². The lowest BCUT2D eigenvalue weighted by Crippen LogP contribution is -1.88. The molecular weight excluding hydrogens is 270 g/mol. The second kappa shape index (κ2) is 7.03. The molecule has 114 valence electrons. The highest BCUT2D eigenvalue weighted by atomic mass is 15.2. The van der Waals surface area contributed by atoms with Gasteiger partial charge in [-0.3, -0.25) is 9.67 Å². The molecule has 0 N–H and O–H groups in total. The van der Waals surface area contributed by atoms with Crippen LogP contribution in [0.5, 0.6) is 0 Å². The molecule has 0 radical (unpaired) electrons. The lowest BCUT2D eigenvalue weighted by molar-refractivity contribution is 0.771. The van der Waals surface area contributed by atoms with E-state index in [2.05, 4.69) is 53.5 Å². The topological polar surface area (TPSA) is 30.7 Å². The third-order valence-corrected chi connectivity index (χ3v) is 3.33. The molecule has 0 saturated carbocycles. The second-order valence-electron chi connectivity index (χ2n) is 5.12. The van der Waals surface area contributed by atoms with E-state index in [-0.39, 0.29) is 0 Å². The van der Waals surface area contributed by atoms with E-state index in [0.717, 1.165) is 28.1 Å². The van der Waals surface area contributed by atoms with Gasteiger partial charge in [-0.25, -0.2) is 0 Å². The maximum atomic E-state index is 4.62. The fourth-order valence-electron chi connectivity index (χ4n) is 2.42. The predicted octanol–water partition coefficient (Wildman–Crippen LogP) is 4.79. The summed E-state index contributed by atoms with van der Waals surface area (Å²) >= 11 is 0. The van der Waals surface area contributed by atoms with Crippen LogP contribution in [0.2, 0.25) is 0 Å². The highest BCUT2D eigenvalue weighted by molar-refractivity contribution is 5.80. The summed E-state index contributed by atoms with van der Waals surface area (Å²) in [6.45, 7) is 8.11. The van der Waals surface area contributed by atoms with E-state index in [4.69, 9.17) is 0 Å². The first-order chi connectivity index (χ1) is 10.6. The fourth-order valence-corrected chi connectivity index (χ4v) is 2.42. The smallest absolute Gasteiger partial charge is 0.100 e. The first kappa shape index (κ1) is 16.0. The number of rotatable bonds is 2. The summed E-state index contributed by atoms with van der Waals surface area (Å²) in [6.07, 6.45) is 3.91. The van der Waals surface area contributed by atoms with Gasteiger partial charge in [0.25, 0.3) is 0 Å². The van der Waals surface area contributed by atoms with Crippen molar-refractivity contribution in [3.63, 3.8) is 0 Å². The Balaban J connectivity index is 0.000000847. The third-order valence-electron chi connectivity index (χ3n) is 3.33. The molecule has 3 rings (SSSR count). The van der Waals surface area contributed by atoms with Crippen molar-refractivity contribution in [2.24, 2.45) is 7.05 Å². The number of hydrogen-bond acceptors (Lipinski definition) is 2. The Hall–Kier alpha value is -2.42. The molecule has 0 amide bonds. The van der Waals surface area contributed by atoms with Crippen LogP contribution in [0, 0.1) is 13.8 Å². The molecule has 3 nitrogen and oxygen atoms in total. The first-order valence-corrected chi connectivity index (χ1v) is 7.67. The second-order valence-corrected chi connectivity index (χ2v) is 5.12. The molecule has 2 aromatic heterocycles. The van der Waals surface area contributed by atoms with E-state index < -0.39 is 0 Å². The summed E-state index contributed by atoms with van der Waals surface area (Å²) in [4.78, 5) is 4.26. The quantitative estimate of drug-likeness (QED) is 0.680. The van der Waals surface area contributed by atoms with Crippen molar-refractivity contribution in [1.82, 2.24) is 14.8 Å². The van der Waals surface area contributed by atoms with Crippen LogP contribution in [-0.2, 0) is 7.05 Å². The van der Waals surface area contributed by atoms with E-state index in [1.165, 1.54) is 5.56 Å². The van der Waals surface area contributed by atoms with Crippen molar-refractivity contribution >= 4 is 0 Å². The van der Waals surface area contributed by atoms with E-state index in [1.807, 2.05) is 44.8 Å². The largest absolute Gasteiger partial charge is 0.275 e. The van der Waals surface area contributed by atoms with E-state index in [9.17, 15) is 0 Å². The van der Waals surface area contributed by atoms with E-state index in [1.54, 1.807) is 0 Å². The van der Waals surface area contributed by atoms with E-state index >= 15 is 0 Å². The summed E-state index contributed by atoms with van der Waals surface area (Å²) < 4.78 is 1.86. The van der Waals surface area contributed by atoms with Crippen molar-refractivity contribution in [2.45, 2.75) is 27.7 Å². The maximum Gasteiger partial charge on any atom is 0.100 e. The lowest BCUT2D eigenvalue weighted by atomic mass is 10.0. The van der Waals surface area contributed by atoms with Crippen LogP contribution in [0.15, 0.2) is 48.8 Å². The molecule has 0 aliphatic heterocycles. The lowest BCUT2D eigenvalue weighted by Gasteiger charge is -2.04. The SMILES string of the molecule is CC.Cc1cccc(-c2nn(C)cc2-c2ccnc(C)c2)c1. The Morgan fingerprint density at radius 3 is 2.41 bits per heavy atom. The Bertz CT molecular complexity index is 694. The van der Waals surface area contributed by atoms with Gasteiger partial charge in [0.2, 0.25) is 0 Å². The first-order valence-electron chi connectivity index (χ1n) is 7.67. The molecule has 0 fully saturated rings. The fraction of sp³-hybridized carbons (Fsp3) is 0.263. The van der Waals surface area contributed by atoms with Crippen LogP contribution in [-0.4, -0.2) is 14.8 Å². The Kier molecular flexibility index (Phi) is 5.10. The van der Waals surface area contributed by atoms with Crippen molar-refractivity contribution in [1.29, 1.82) is 0 Å². The van der Waals surface area contributed by atoms with Crippen molar-refractivity contribution in [3.8, 4) is 22.4 Å². The van der Waals surface area contributed by atoms with Crippen molar-refractivity contribution in [3.05, 3.63) is 60.0 Å². The standard InChI is InChI=1S/C17H17N3.C2H6/c1-12-5-4-6-15(9-12)17-16(11-20(3)19-17)14-7-8-18-13(2)10-14;1-2/h4-11H,1-3H3;1-2H3. The number of benzene rings is 1. The zero-order valence-electron chi connectivity index (χ0n) is 14.0. The number of nitrogens with zero attached hydrogens (tertiary/aromatic N) is 3. The van der Waals surface area contributed by atoms with Crippen LogP contribution in [0.3, 0.4) is 0 Å². The van der Waals surface area contributed by atoms with Gasteiger partial charge in [0.05, 0.1) is 0 Å². The molecule has 0 bridgehead atoms. The summed E-state index contributed by atoms with van der Waals surface area (Å²) in [5.41, 5.74) is 6.72. The van der Waals surface area contributed by atoms with Gasteiger partial charge in [0.1, 0.15) is 5.69 Å². The number of aryl methyl sites for hydroxylation is 3. The van der Waals surface area contributed by atoms with Crippen molar-refractivity contribution < 1.29 is 0 Å². The number of pyridine rings is 1. The summed E-state index contributed by atoms with van der Waals surface area (Å²) in [7, 11) is 1.96. The van der Waals surface area contributed by atoms with Gasteiger partial charge in [-0.15, -0.1) is 0 Å². The molecule has 0 aliphatic carbocycles. The minimum atomic E-state index is 1.02. The Labute approximate surface area is 132 Å². The number of aromatic nitrogens is 3. The van der Waals surface area contributed by atoms with Gasteiger partial charge in [-0.05, 0) is 37.6 Å². The van der Waals surface area contributed by atoms with Crippen LogP contribution in [0.4, 0.5) is 0 Å². The summed E-state index contributed by atoms with van der Waals surface area (Å²) in [5, 5.41) is 4.62. The summed E-state index contributed by atoms with van der Waals surface area (Å²) in [5.74, 6) is 0. The third kappa shape index (κ3) is 3.42. The number of hydrogen-bond donors (Lipinski definition) is 0. The zero-order valence-corrected chi connectivity index (χ0v) is 14.0. The van der Waals surface area contributed by atoms with Gasteiger partial charge < -0.3 is 0 Å². The average molecular weight is 293 g/mol. The minimum absolute atomic E-state index is 1.02. The van der Waals surface area contributed by atoms with Crippen LogP contribution in [0.1, 0.15) is 25.1 Å². The predicted molar refractivity (Wildman–Crippen MR) is 92.7 cm³/mol. The molecule has 3 aromatic rings. The highest BCUT2D eigenvalue weighted by Gasteiger charge is 2.12. The van der Waals surface area contributed by atoms with Gasteiger partial charge in [-0.1, -0.05) is 37.6 Å². The normalized spacial score (nSPS) is 10.0. The molecule has 0 spiro atoms. The average Bonchev–Trinajstić information content (AvgIpc) is 2.91. The Morgan fingerprint density at radius 1 is 0.955 bits per heavy atom. The molecule has 2 heterocycles. The molecule has 0 unspecified atom stereocenters. The molecule has 0 atom stereocenters. The van der Waals surface area contributed by atoms with Crippen LogP contribution < -0.4 is 0 Å². The Morgan fingerprint density at radius 2 is 1.73 bits per heavy atom. The van der Waals surface area contributed by atoms with Gasteiger partial charge in [0, 0.05) is 36.3 Å². The van der Waals surface area contributed by atoms with Gasteiger partial charge >= 0.3 is 0 Å². The summed E-state index contributed by atoms with van der Waals surface area (Å²) in [6, 6.07) is 12.6. The maximum absolute atomic E-state index is 4.62. The molecular formula is C19H23N3.